The van der Waals surface area contributed by atoms with E-state index in [2.05, 4.69) is 15.3 Å². The molecule has 0 spiro atoms. The molecule has 8 heteroatoms. The van der Waals surface area contributed by atoms with Gasteiger partial charge in [-0.15, -0.1) is 0 Å². The first kappa shape index (κ1) is 17.7. The zero-order valence-corrected chi connectivity index (χ0v) is 15.3. The molecule has 1 amide bonds. The first-order chi connectivity index (χ1) is 12.0. The van der Waals surface area contributed by atoms with Crippen LogP contribution < -0.4 is 11.1 Å². The number of halogens is 2. The van der Waals surface area contributed by atoms with Crippen LogP contribution in [-0.4, -0.2) is 15.9 Å². The molecule has 0 saturated heterocycles. The number of aromatic amines is 1. The predicted octanol–water partition coefficient (Wildman–Crippen LogP) is 4.38. The van der Waals surface area contributed by atoms with Gasteiger partial charge < -0.3 is 16.0 Å². The van der Waals surface area contributed by atoms with Gasteiger partial charge in [0.25, 0.3) is 5.91 Å². The number of aromatic nitrogens is 2. The van der Waals surface area contributed by atoms with E-state index in [1.54, 1.807) is 12.1 Å². The zero-order chi connectivity index (χ0) is 17.8. The molecule has 0 bridgehead atoms. The minimum absolute atomic E-state index is 0.244. The third-order valence-corrected chi connectivity index (χ3v) is 5.19. The molecule has 0 aliphatic rings. The van der Waals surface area contributed by atoms with Crippen LogP contribution in [0.3, 0.4) is 0 Å². The van der Waals surface area contributed by atoms with Crippen LogP contribution in [-0.2, 0) is 6.54 Å². The Morgan fingerprint density at radius 2 is 2.00 bits per heavy atom. The number of hydrogen-bond acceptors (Lipinski definition) is 4. The maximum absolute atomic E-state index is 11.9. The lowest BCUT2D eigenvalue weighted by atomic mass is 10.2. The molecule has 0 unspecified atom stereocenters. The molecule has 1 heterocycles. The van der Waals surface area contributed by atoms with Crippen molar-refractivity contribution in [1.82, 2.24) is 15.3 Å². The van der Waals surface area contributed by atoms with E-state index in [4.69, 9.17) is 28.9 Å². The summed E-state index contributed by atoms with van der Waals surface area (Å²) in [6, 6.07) is 11.0. The highest BCUT2D eigenvalue weighted by molar-refractivity contribution is 7.99. The van der Waals surface area contributed by atoms with E-state index < -0.39 is 0 Å². The van der Waals surface area contributed by atoms with E-state index in [0.29, 0.717) is 28.0 Å². The van der Waals surface area contributed by atoms with Gasteiger partial charge in [-0.3, -0.25) is 4.79 Å². The smallest absolute Gasteiger partial charge is 0.269 e. The molecular weight excluding hydrogens is 379 g/mol. The van der Waals surface area contributed by atoms with Crippen LogP contribution in [0.1, 0.15) is 16.1 Å². The predicted molar refractivity (Wildman–Crippen MR) is 101 cm³/mol. The monoisotopic (exact) mass is 392 g/mol. The molecule has 25 heavy (non-hydrogen) atoms. The van der Waals surface area contributed by atoms with Gasteiger partial charge in [0.1, 0.15) is 5.69 Å². The number of nitrogen functional groups attached to an aromatic ring is 1. The lowest BCUT2D eigenvalue weighted by molar-refractivity contribution is 0.0946. The molecule has 1 aromatic heterocycles. The van der Waals surface area contributed by atoms with Crippen molar-refractivity contribution < 1.29 is 4.79 Å². The molecule has 3 rings (SSSR count). The SMILES string of the molecule is Nc1cc(CNC(=O)c2cnc[nH]2)cc(Cl)c1Sc1ccc(Cl)cc1. The highest BCUT2D eigenvalue weighted by Crippen LogP contribution is 2.38. The summed E-state index contributed by atoms with van der Waals surface area (Å²) in [6.45, 7) is 0.313. The van der Waals surface area contributed by atoms with Crippen LogP contribution in [0.4, 0.5) is 5.69 Å². The van der Waals surface area contributed by atoms with E-state index in [1.807, 2.05) is 24.3 Å². The summed E-state index contributed by atoms with van der Waals surface area (Å²) in [6.07, 6.45) is 2.91. The topological polar surface area (TPSA) is 83.8 Å². The van der Waals surface area contributed by atoms with Crippen molar-refractivity contribution in [1.29, 1.82) is 0 Å². The summed E-state index contributed by atoms with van der Waals surface area (Å²) >= 11 is 13.7. The third kappa shape index (κ3) is 4.48. The maximum atomic E-state index is 11.9. The quantitative estimate of drug-likeness (QED) is 0.562. The fraction of sp³-hybridized carbons (Fsp3) is 0.0588. The molecule has 0 atom stereocenters. The number of rotatable bonds is 5. The minimum Gasteiger partial charge on any atom is -0.398 e. The maximum Gasteiger partial charge on any atom is 0.269 e. The Hall–Kier alpha value is -2.15. The first-order valence-corrected chi connectivity index (χ1v) is 8.88. The fourth-order valence-corrected chi connectivity index (χ4v) is 3.49. The lowest BCUT2D eigenvalue weighted by Crippen LogP contribution is -2.23. The summed E-state index contributed by atoms with van der Waals surface area (Å²) in [5.74, 6) is -0.244. The molecule has 2 aromatic carbocycles. The van der Waals surface area contributed by atoms with Crippen LogP contribution in [0.25, 0.3) is 0 Å². The van der Waals surface area contributed by atoms with E-state index in [1.165, 1.54) is 24.3 Å². The van der Waals surface area contributed by atoms with Crippen molar-refractivity contribution in [3.05, 3.63) is 70.2 Å². The van der Waals surface area contributed by atoms with Crippen LogP contribution >= 0.6 is 35.0 Å². The molecule has 0 saturated carbocycles. The Labute approximate surface area is 158 Å². The van der Waals surface area contributed by atoms with Crippen LogP contribution in [0.15, 0.2) is 58.7 Å². The van der Waals surface area contributed by atoms with E-state index in [9.17, 15) is 4.79 Å². The Balaban J connectivity index is 1.71. The van der Waals surface area contributed by atoms with Crippen LogP contribution in [0.5, 0.6) is 0 Å². The summed E-state index contributed by atoms with van der Waals surface area (Å²) in [4.78, 5) is 20.2. The Morgan fingerprint density at radius 1 is 1.24 bits per heavy atom. The van der Waals surface area contributed by atoms with E-state index in [0.717, 1.165) is 15.4 Å². The van der Waals surface area contributed by atoms with Gasteiger partial charge in [0.15, 0.2) is 0 Å². The second-order valence-electron chi connectivity index (χ2n) is 5.20. The first-order valence-electron chi connectivity index (χ1n) is 7.31. The van der Waals surface area contributed by atoms with E-state index in [-0.39, 0.29) is 5.91 Å². The van der Waals surface area contributed by atoms with E-state index >= 15 is 0 Å². The fourth-order valence-electron chi connectivity index (χ4n) is 2.16. The Bertz CT molecular complexity index is 859. The van der Waals surface area contributed by atoms with Gasteiger partial charge in [-0.1, -0.05) is 35.0 Å². The van der Waals surface area contributed by atoms with Gasteiger partial charge >= 0.3 is 0 Å². The van der Waals surface area contributed by atoms with Gasteiger partial charge in [-0.25, -0.2) is 4.98 Å². The number of imidazole rings is 1. The second kappa shape index (κ2) is 7.82. The summed E-state index contributed by atoms with van der Waals surface area (Å²) in [7, 11) is 0. The standard InChI is InChI=1S/C17H14Cl2N4OS/c18-11-1-3-12(4-2-11)25-16-13(19)5-10(6-14(16)20)7-22-17(24)15-8-21-9-23-15/h1-6,8-9H,7,20H2,(H,21,23)(H,22,24). The zero-order valence-electron chi connectivity index (χ0n) is 12.9. The number of amides is 1. The van der Waals surface area contributed by atoms with Crippen LogP contribution in [0, 0.1) is 0 Å². The van der Waals surface area contributed by atoms with Crippen molar-refractivity contribution in [2.75, 3.05) is 5.73 Å². The van der Waals surface area contributed by atoms with Gasteiger partial charge in [0, 0.05) is 22.2 Å². The van der Waals surface area contributed by atoms with Crippen molar-refractivity contribution in [3.8, 4) is 0 Å². The number of H-pyrrole nitrogens is 1. The number of nitrogens with zero attached hydrogens (tertiary/aromatic N) is 1. The molecule has 3 aromatic rings. The number of benzene rings is 2. The number of nitrogens with one attached hydrogen (secondary N) is 2. The number of anilines is 1. The number of carbonyl (C=O) groups excluding carboxylic acids is 1. The molecule has 5 nitrogen and oxygen atoms in total. The Kier molecular flexibility index (Phi) is 5.53. The number of carbonyl (C=O) groups is 1. The molecule has 0 aliphatic heterocycles. The Morgan fingerprint density at radius 3 is 2.64 bits per heavy atom. The highest BCUT2D eigenvalue weighted by atomic mass is 35.5. The number of hydrogen-bond donors (Lipinski definition) is 3. The average molecular weight is 393 g/mol. The van der Waals surface area contributed by atoms with Gasteiger partial charge in [0.2, 0.25) is 0 Å². The largest absolute Gasteiger partial charge is 0.398 e. The lowest BCUT2D eigenvalue weighted by Gasteiger charge is -2.11. The third-order valence-electron chi connectivity index (χ3n) is 3.36. The van der Waals surface area contributed by atoms with Crippen LogP contribution in [0.2, 0.25) is 10.0 Å². The summed E-state index contributed by atoms with van der Waals surface area (Å²) < 4.78 is 0. The molecule has 0 radical (unpaired) electrons. The van der Waals surface area contributed by atoms with Gasteiger partial charge in [-0.05, 0) is 42.0 Å². The number of nitrogens with two attached hydrogens (primary N) is 1. The summed E-state index contributed by atoms with van der Waals surface area (Å²) in [5.41, 5.74) is 7.91. The van der Waals surface area contributed by atoms with Gasteiger partial charge in [0.05, 0.1) is 22.4 Å². The molecular formula is C17H14Cl2N4OS. The van der Waals surface area contributed by atoms with Crippen molar-refractivity contribution >= 4 is 46.6 Å². The van der Waals surface area contributed by atoms with Gasteiger partial charge in [-0.2, -0.15) is 0 Å². The normalized spacial score (nSPS) is 10.6. The van der Waals surface area contributed by atoms with Crippen molar-refractivity contribution in [3.63, 3.8) is 0 Å². The second-order valence-corrected chi connectivity index (χ2v) is 7.13. The molecule has 4 N–H and O–H groups in total. The molecule has 0 fully saturated rings. The average Bonchev–Trinajstić information content (AvgIpc) is 3.12. The molecule has 0 aliphatic carbocycles. The van der Waals surface area contributed by atoms with Crippen molar-refractivity contribution in [2.24, 2.45) is 0 Å². The molecule has 128 valence electrons. The minimum atomic E-state index is -0.244. The summed E-state index contributed by atoms with van der Waals surface area (Å²) in [5, 5.41) is 3.99. The highest BCUT2D eigenvalue weighted by Gasteiger charge is 2.11. The van der Waals surface area contributed by atoms with Crippen molar-refractivity contribution in [2.45, 2.75) is 16.3 Å².